The average Bonchev–Trinajstić information content (AvgIpc) is 3.34. The summed E-state index contributed by atoms with van der Waals surface area (Å²) in [5.41, 5.74) is 0.328. The molecule has 3 rings (SSSR count). The molecule has 0 atom stereocenters. The third-order valence-corrected chi connectivity index (χ3v) is 6.14. The fraction of sp³-hybridized carbons (Fsp3) is 0.158. The van der Waals surface area contributed by atoms with Gasteiger partial charge in [-0.05, 0) is 36.6 Å². The normalized spacial score (nSPS) is 11.4. The first-order valence-electron chi connectivity index (χ1n) is 8.39. The summed E-state index contributed by atoms with van der Waals surface area (Å²) in [6.07, 6.45) is 1.32. The lowest BCUT2D eigenvalue weighted by atomic mass is 10.2. The van der Waals surface area contributed by atoms with Crippen molar-refractivity contribution in [2.45, 2.75) is 18.4 Å². The van der Waals surface area contributed by atoms with Crippen LogP contribution in [-0.4, -0.2) is 25.9 Å². The number of nitrogens with zero attached hydrogens (tertiary/aromatic N) is 1. The highest BCUT2D eigenvalue weighted by molar-refractivity contribution is 7.89. The lowest BCUT2D eigenvalue weighted by Crippen LogP contribution is -2.25. The molecule has 0 saturated carbocycles. The standard InChI is InChI=1S/C19H17FN2O5S2/c1-3-8-21-29(24,25)17-10-13(6-7-14(17)20)19(23)26-11-15-12(2)27-18(22-15)16-5-4-9-28-16/h3-7,9-10,21H,1,8,11H2,2H3. The predicted octanol–water partition coefficient (Wildman–Crippen LogP) is 3.67. The fourth-order valence-electron chi connectivity index (χ4n) is 2.37. The Balaban J connectivity index is 1.75. The number of carbonyl (C=O) groups excluding carboxylic acids is 1. The van der Waals surface area contributed by atoms with Crippen LogP contribution in [-0.2, 0) is 21.4 Å². The SMILES string of the molecule is C=CCNS(=O)(=O)c1cc(C(=O)OCc2nc(-c3cccs3)oc2C)ccc1F. The lowest BCUT2D eigenvalue weighted by molar-refractivity contribution is 0.0466. The van der Waals surface area contributed by atoms with Crippen molar-refractivity contribution in [3.8, 4) is 10.8 Å². The van der Waals surface area contributed by atoms with Crippen LogP contribution in [0.1, 0.15) is 21.8 Å². The Morgan fingerprint density at radius 1 is 1.41 bits per heavy atom. The second-order valence-corrected chi connectivity index (χ2v) is 8.54. The molecule has 152 valence electrons. The first kappa shape index (κ1) is 20.9. The van der Waals surface area contributed by atoms with Crippen LogP contribution in [0.25, 0.3) is 10.8 Å². The number of benzene rings is 1. The molecule has 0 radical (unpaired) electrons. The van der Waals surface area contributed by atoms with E-state index in [0.717, 1.165) is 23.1 Å². The molecule has 0 aliphatic heterocycles. The summed E-state index contributed by atoms with van der Waals surface area (Å²) in [5, 5.41) is 1.89. The van der Waals surface area contributed by atoms with Gasteiger partial charge in [-0.25, -0.2) is 27.3 Å². The van der Waals surface area contributed by atoms with E-state index in [4.69, 9.17) is 9.15 Å². The van der Waals surface area contributed by atoms with Gasteiger partial charge >= 0.3 is 5.97 Å². The number of sulfonamides is 1. The van der Waals surface area contributed by atoms with Crippen molar-refractivity contribution in [2.24, 2.45) is 0 Å². The summed E-state index contributed by atoms with van der Waals surface area (Å²) in [6.45, 7) is 4.84. The lowest BCUT2D eigenvalue weighted by Gasteiger charge is -2.08. The minimum atomic E-state index is -4.13. The molecule has 0 saturated heterocycles. The first-order valence-corrected chi connectivity index (χ1v) is 10.8. The molecule has 0 aliphatic carbocycles. The molecule has 29 heavy (non-hydrogen) atoms. The van der Waals surface area contributed by atoms with Gasteiger partial charge in [0.1, 0.15) is 28.8 Å². The number of ether oxygens (including phenoxy) is 1. The van der Waals surface area contributed by atoms with Gasteiger partial charge in [0.25, 0.3) is 0 Å². The van der Waals surface area contributed by atoms with Gasteiger partial charge in [-0.3, -0.25) is 0 Å². The van der Waals surface area contributed by atoms with Gasteiger partial charge in [-0.1, -0.05) is 12.1 Å². The maximum Gasteiger partial charge on any atom is 0.338 e. The van der Waals surface area contributed by atoms with Crippen molar-refractivity contribution in [1.82, 2.24) is 9.71 Å². The van der Waals surface area contributed by atoms with Crippen molar-refractivity contribution in [3.63, 3.8) is 0 Å². The fourth-order valence-corrected chi connectivity index (χ4v) is 4.12. The molecule has 2 heterocycles. The number of hydrogen-bond donors (Lipinski definition) is 1. The Kier molecular flexibility index (Phi) is 6.26. The Morgan fingerprint density at radius 2 is 2.21 bits per heavy atom. The summed E-state index contributed by atoms with van der Waals surface area (Å²) in [4.78, 5) is 16.8. The second kappa shape index (κ2) is 8.68. The number of hydrogen-bond acceptors (Lipinski definition) is 7. The molecule has 0 aliphatic rings. The van der Waals surface area contributed by atoms with Crippen molar-refractivity contribution in [2.75, 3.05) is 6.54 Å². The number of esters is 1. The monoisotopic (exact) mass is 436 g/mol. The summed E-state index contributed by atoms with van der Waals surface area (Å²) >= 11 is 1.46. The van der Waals surface area contributed by atoms with E-state index in [1.807, 2.05) is 17.5 Å². The minimum absolute atomic E-state index is 0.0749. The van der Waals surface area contributed by atoms with E-state index < -0.39 is 26.7 Å². The molecule has 0 unspecified atom stereocenters. The smallest absolute Gasteiger partial charge is 0.338 e. The largest absolute Gasteiger partial charge is 0.455 e. The highest BCUT2D eigenvalue weighted by Gasteiger charge is 2.22. The molecule has 0 bridgehead atoms. The number of nitrogens with one attached hydrogen (secondary N) is 1. The van der Waals surface area contributed by atoms with Crippen molar-refractivity contribution >= 4 is 27.3 Å². The zero-order valence-corrected chi connectivity index (χ0v) is 17.0. The van der Waals surface area contributed by atoms with Crippen LogP contribution in [0.15, 0.2) is 57.7 Å². The van der Waals surface area contributed by atoms with Crippen LogP contribution in [0, 0.1) is 12.7 Å². The van der Waals surface area contributed by atoms with Crippen LogP contribution in [0.3, 0.4) is 0 Å². The number of oxazole rings is 1. The summed E-state index contributed by atoms with van der Waals surface area (Å²) < 4.78 is 51.2. The molecule has 1 aromatic carbocycles. The number of halogens is 1. The van der Waals surface area contributed by atoms with Gasteiger partial charge in [0.05, 0.1) is 10.4 Å². The molecule has 7 nitrogen and oxygen atoms in total. The molecule has 0 spiro atoms. The van der Waals surface area contributed by atoms with Gasteiger partial charge in [0.15, 0.2) is 0 Å². The maximum absolute atomic E-state index is 14.0. The van der Waals surface area contributed by atoms with Gasteiger partial charge in [-0.15, -0.1) is 17.9 Å². The summed E-state index contributed by atoms with van der Waals surface area (Å²) in [7, 11) is -4.13. The van der Waals surface area contributed by atoms with E-state index in [1.165, 1.54) is 17.4 Å². The maximum atomic E-state index is 14.0. The molecule has 10 heteroatoms. The highest BCUT2D eigenvalue weighted by atomic mass is 32.2. The number of thiophene rings is 1. The zero-order chi connectivity index (χ0) is 21.0. The molecule has 3 aromatic rings. The van der Waals surface area contributed by atoms with E-state index >= 15 is 0 Å². The predicted molar refractivity (Wildman–Crippen MR) is 105 cm³/mol. The van der Waals surface area contributed by atoms with Gasteiger partial charge in [0, 0.05) is 6.54 Å². The number of aromatic nitrogens is 1. The number of aryl methyl sites for hydroxylation is 1. The van der Waals surface area contributed by atoms with E-state index in [2.05, 4.69) is 16.3 Å². The van der Waals surface area contributed by atoms with Crippen molar-refractivity contribution in [1.29, 1.82) is 0 Å². The first-order chi connectivity index (χ1) is 13.8. The third kappa shape index (κ3) is 4.78. The van der Waals surface area contributed by atoms with E-state index in [9.17, 15) is 17.6 Å². The van der Waals surface area contributed by atoms with Crippen LogP contribution < -0.4 is 4.72 Å². The average molecular weight is 436 g/mol. The van der Waals surface area contributed by atoms with Crippen LogP contribution in [0.2, 0.25) is 0 Å². The third-order valence-electron chi connectivity index (χ3n) is 3.84. The summed E-state index contributed by atoms with van der Waals surface area (Å²) in [5.74, 6) is -0.875. The molecule has 0 fully saturated rings. The highest BCUT2D eigenvalue weighted by Crippen LogP contribution is 2.26. The minimum Gasteiger partial charge on any atom is -0.455 e. The second-order valence-electron chi connectivity index (χ2n) is 5.86. The number of rotatable bonds is 8. The molecular weight excluding hydrogens is 419 g/mol. The van der Waals surface area contributed by atoms with Gasteiger partial charge in [-0.2, -0.15) is 0 Å². The van der Waals surface area contributed by atoms with Crippen LogP contribution in [0.4, 0.5) is 4.39 Å². The van der Waals surface area contributed by atoms with E-state index in [-0.39, 0.29) is 18.7 Å². The number of carbonyl (C=O) groups is 1. The quantitative estimate of drug-likeness (QED) is 0.427. The molecule has 0 amide bonds. The molecule has 2 aromatic heterocycles. The van der Waals surface area contributed by atoms with Crippen LogP contribution in [0.5, 0.6) is 0 Å². The Labute approximate surface area is 170 Å². The molecule has 1 N–H and O–H groups in total. The Bertz CT molecular complexity index is 1140. The van der Waals surface area contributed by atoms with E-state index in [0.29, 0.717) is 17.3 Å². The topological polar surface area (TPSA) is 98.5 Å². The van der Waals surface area contributed by atoms with Crippen molar-refractivity contribution in [3.05, 3.63) is 71.2 Å². The molecular formula is C19H17FN2O5S2. The van der Waals surface area contributed by atoms with E-state index in [1.54, 1.807) is 6.92 Å². The zero-order valence-electron chi connectivity index (χ0n) is 15.3. The van der Waals surface area contributed by atoms with Crippen LogP contribution >= 0.6 is 11.3 Å². The van der Waals surface area contributed by atoms with Gasteiger partial charge in [0.2, 0.25) is 15.9 Å². The summed E-state index contributed by atoms with van der Waals surface area (Å²) in [6, 6.07) is 6.69. The Hall–Kier alpha value is -2.82. The Morgan fingerprint density at radius 3 is 2.90 bits per heavy atom. The van der Waals surface area contributed by atoms with Crippen molar-refractivity contribution < 1.29 is 26.8 Å². The van der Waals surface area contributed by atoms with Gasteiger partial charge < -0.3 is 9.15 Å².